The summed E-state index contributed by atoms with van der Waals surface area (Å²) >= 11 is 0. The Morgan fingerprint density at radius 3 is 2.45 bits per heavy atom. The van der Waals surface area contributed by atoms with Crippen molar-refractivity contribution in [3.8, 4) is 0 Å². The highest BCUT2D eigenvalue weighted by Gasteiger charge is 2.39. The van der Waals surface area contributed by atoms with Crippen LogP contribution < -0.4 is 5.43 Å². The Bertz CT molecular complexity index is 241. The number of carbonyl (C=O) groups excluding carboxylic acids is 1. The summed E-state index contributed by atoms with van der Waals surface area (Å²) in [4.78, 5) is 10.4. The van der Waals surface area contributed by atoms with Crippen LogP contribution in [0.15, 0.2) is 16.8 Å². The fraction of sp³-hybridized carbons (Fsp3) is 0.200. The lowest BCUT2D eigenvalue weighted by atomic mass is 10.2. The van der Waals surface area contributed by atoms with Crippen LogP contribution in [-0.2, 0) is 4.79 Å². The highest BCUT2D eigenvalue weighted by atomic mass is 19.4. The first-order valence-corrected chi connectivity index (χ1v) is 2.50. The van der Waals surface area contributed by atoms with Crippen LogP contribution in [0, 0.1) is 0 Å². The van der Waals surface area contributed by atoms with Crippen molar-refractivity contribution in [1.82, 2.24) is 5.43 Å². The Kier molecular flexibility index (Phi) is 1.67. The fourth-order valence-corrected chi connectivity index (χ4v) is 0.486. The average Bonchev–Trinajstić information content (AvgIpc) is 1.86. The standard InChI is InChI=1S/C5HF3N2O/c6-5(7,8)3-1-2-9-10-4(3)11/h1H. The molecule has 1 rings (SSSR count). The summed E-state index contributed by atoms with van der Waals surface area (Å²) in [5, 5.41) is 2.87. The molecule has 6 heteroatoms. The minimum atomic E-state index is -4.66. The number of nitrogens with zero attached hydrogens (tertiary/aromatic N) is 2. The molecule has 2 radical (unpaired) electrons. The normalized spacial score (nSPS) is 17.7. The van der Waals surface area contributed by atoms with Crippen molar-refractivity contribution in [3.63, 3.8) is 0 Å². The van der Waals surface area contributed by atoms with E-state index >= 15 is 0 Å². The molecule has 0 bridgehead atoms. The van der Waals surface area contributed by atoms with Crippen LogP contribution in [0.4, 0.5) is 13.2 Å². The lowest BCUT2D eigenvalue weighted by Gasteiger charge is -2.08. The van der Waals surface area contributed by atoms with Gasteiger partial charge < -0.3 is 0 Å². The molecule has 0 saturated heterocycles. The van der Waals surface area contributed by atoms with Gasteiger partial charge in [-0.1, -0.05) is 0 Å². The maximum Gasteiger partial charge on any atom is 0.421 e. The van der Waals surface area contributed by atoms with Gasteiger partial charge in [-0.3, -0.25) is 4.79 Å². The van der Waals surface area contributed by atoms with Crippen molar-refractivity contribution in [2.45, 2.75) is 6.18 Å². The van der Waals surface area contributed by atoms with Gasteiger partial charge in [0.25, 0.3) is 0 Å². The number of allylic oxidation sites excluding steroid dienone is 1. The zero-order valence-electron chi connectivity index (χ0n) is 5.01. The highest BCUT2D eigenvalue weighted by molar-refractivity contribution is 6.00. The van der Waals surface area contributed by atoms with Gasteiger partial charge in [0.1, 0.15) is 11.8 Å². The molecule has 0 aliphatic carbocycles. The van der Waals surface area contributed by atoms with Gasteiger partial charge in [-0.25, -0.2) is 0 Å². The molecule has 58 valence electrons. The summed E-state index contributed by atoms with van der Waals surface area (Å²) in [7, 11) is 0. The van der Waals surface area contributed by atoms with Crippen LogP contribution in [0.3, 0.4) is 0 Å². The first-order valence-electron chi connectivity index (χ1n) is 2.50. The Morgan fingerprint density at radius 1 is 1.45 bits per heavy atom. The maximum atomic E-state index is 11.8. The second-order valence-electron chi connectivity index (χ2n) is 1.69. The van der Waals surface area contributed by atoms with Gasteiger partial charge in [0.15, 0.2) is 0 Å². The van der Waals surface area contributed by atoms with Crippen LogP contribution in [0.25, 0.3) is 0 Å². The van der Waals surface area contributed by atoms with Crippen LogP contribution in [0.2, 0.25) is 0 Å². The third kappa shape index (κ3) is 1.57. The summed E-state index contributed by atoms with van der Waals surface area (Å²) in [5.74, 6) is -1.38. The first kappa shape index (κ1) is 7.77. The molecule has 0 fully saturated rings. The topological polar surface area (TPSA) is 43.5 Å². The molecule has 1 aliphatic rings. The summed E-state index contributed by atoms with van der Waals surface area (Å²) < 4.78 is 35.3. The molecular weight excluding hydrogens is 161 g/mol. The lowest BCUT2D eigenvalue weighted by molar-refractivity contribution is -0.131. The van der Waals surface area contributed by atoms with Crippen molar-refractivity contribution < 1.29 is 18.0 Å². The maximum absolute atomic E-state index is 11.8. The van der Waals surface area contributed by atoms with E-state index in [-0.39, 0.29) is 0 Å². The van der Waals surface area contributed by atoms with Crippen molar-refractivity contribution in [3.05, 3.63) is 11.6 Å². The first-order chi connectivity index (χ1) is 5.02. The van der Waals surface area contributed by atoms with E-state index < -0.39 is 17.7 Å². The van der Waals surface area contributed by atoms with Gasteiger partial charge >= 0.3 is 12.1 Å². The molecule has 1 aliphatic heterocycles. The van der Waals surface area contributed by atoms with Gasteiger partial charge in [0.05, 0.1) is 0 Å². The Labute approximate surface area is 59.6 Å². The highest BCUT2D eigenvalue weighted by Crippen LogP contribution is 2.26. The quantitative estimate of drug-likeness (QED) is 0.510. The molecule has 0 N–H and O–H groups in total. The Hall–Kier alpha value is -1.33. The molecule has 0 saturated carbocycles. The van der Waals surface area contributed by atoms with E-state index in [1.807, 2.05) is 6.21 Å². The molecule has 1 amide bonds. The number of amides is 1. The Balaban J connectivity index is 2.93. The van der Waals surface area contributed by atoms with Crippen LogP contribution in [-0.4, -0.2) is 18.3 Å². The molecule has 0 atom stereocenters. The number of rotatable bonds is 0. The zero-order valence-corrected chi connectivity index (χ0v) is 5.01. The zero-order chi connectivity index (χ0) is 8.48. The average molecular weight is 162 g/mol. The summed E-state index contributed by atoms with van der Waals surface area (Å²) in [6, 6.07) is 0. The SMILES string of the molecule is O=C1[N]N=[C]C=C1C(F)(F)F. The summed E-state index contributed by atoms with van der Waals surface area (Å²) in [6.45, 7) is 0. The minimum absolute atomic E-state index is 0.468. The van der Waals surface area contributed by atoms with Gasteiger partial charge in [-0.2, -0.15) is 13.2 Å². The minimum Gasteiger partial charge on any atom is -0.265 e. The summed E-state index contributed by atoms with van der Waals surface area (Å²) in [6.07, 6.45) is -2.37. The smallest absolute Gasteiger partial charge is 0.265 e. The molecule has 11 heavy (non-hydrogen) atoms. The number of halogens is 3. The van der Waals surface area contributed by atoms with Crippen molar-refractivity contribution in [2.24, 2.45) is 5.10 Å². The van der Waals surface area contributed by atoms with Crippen LogP contribution in [0.1, 0.15) is 0 Å². The van der Waals surface area contributed by atoms with E-state index in [9.17, 15) is 18.0 Å². The molecule has 0 unspecified atom stereocenters. The number of alkyl halides is 3. The third-order valence-electron chi connectivity index (χ3n) is 0.943. The van der Waals surface area contributed by atoms with Gasteiger partial charge in [-0.15, -0.1) is 10.5 Å². The molecule has 1 heterocycles. The van der Waals surface area contributed by atoms with Crippen molar-refractivity contribution in [1.29, 1.82) is 0 Å². The van der Waals surface area contributed by atoms with Crippen LogP contribution in [0.5, 0.6) is 0 Å². The van der Waals surface area contributed by atoms with Gasteiger partial charge in [0, 0.05) is 0 Å². The molecule has 0 spiro atoms. The number of carbonyl (C=O) groups is 1. The van der Waals surface area contributed by atoms with Crippen molar-refractivity contribution in [2.75, 3.05) is 0 Å². The number of hydrogen-bond acceptors (Lipinski definition) is 2. The monoisotopic (exact) mass is 162 g/mol. The van der Waals surface area contributed by atoms with E-state index in [0.29, 0.717) is 6.08 Å². The predicted octanol–water partition coefficient (Wildman–Crippen LogP) is 0.483. The van der Waals surface area contributed by atoms with Gasteiger partial charge in [-0.05, 0) is 6.08 Å². The molecule has 3 nitrogen and oxygen atoms in total. The van der Waals surface area contributed by atoms with E-state index in [1.165, 1.54) is 0 Å². The second-order valence-corrected chi connectivity index (χ2v) is 1.69. The largest absolute Gasteiger partial charge is 0.421 e. The van der Waals surface area contributed by atoms with E-state index in [4.69, 9.17) is 0 Å². The van der Waals surface area contributed by atoms with Crippen molar-refractivity contribution >= 4 is 12.1 Å². The van der Waals surface area contributed by atoms with E-state index in [0.717, 1.165) is 0 Å². The molecule has 0 aromatic heterocycles. The summed E-state index contributed by atoms with van der Waals surface area (Å²) in [5.41, 5.74) is 1.32. The van der Waals surface area contributed by atoms with E-state index in [1.54, 1.807) is 0 Å². The molecule has 0 aromatic carbocycles. The predicted molar refractivity (Wildman–Crippen MR) is 28.7 cm³/mol. The lowest BCUT2D eigenvalue weighted by Crippen LogP contribution is -2.27. The van der Waals surface area contributed by atoms with E-state index in [2.05, 4.69) is 10.5 Å². The third-order valence-corrected chi connectivity index (χ3v) is 0.943. The van der Waals surface area contributed by atoms with Crippen LogP contribution >= 0.6 is 0 Å². The number of hydrogen-bond donors (Lipinski definition) is 0. The fourth-order valence-electron chi connectivity index (χ4n) is 0.486. The molecule has 0 aromatic rings. The Morgan fingerprint density at radius 2 is 2.09 bits per heavy atom. The molecular formula is C5HF3N2O. The second kappa shape index (κ2) is 2.37. The van der Waals surface area contributed by atoms with Gasteiger partial charge in [0.2, 0.25) is 0 Å².